The fraction of sp³-hybridized carbons (Fsp3) is 0.200. The fourth-order valence-electron chi connectivity index (χ4n) is 2.90. The van der Waals surface area contributed by atoms with Crippen LogP contribution in [0.25, 0.3) is 6.08 Å². The van der Waals surface area contributed by atoms with Gasteiger partial charge in [0.15, 0.2) is 11.5 Å². The van der Waals surface area contributed by atoms with Crippen molar-refractivity contribution in [2.24, 2.45) is 0 Å². The number of carbonyl (C=O) groups excluding carboxylic acids is 1. The van der Waals surface area contributed by atoms with Crippen molar-refractivity contribution in [3.05, 3.63) is 47.0 Å². The molecule has 0 fully saturated rings. The molecule has 0 spiro atoms. The zero-order chi connectivity index (χ0) is 20.3. The Morgan fingerprint density at radius 3 is 2.43 bits per heavy atom. The van der Waals surface area contributed by atoms with Gasteiger partial charge >= 0.3 is 5.97 Å². The molecule has 0 aliphatic carbocycles. The number of carboxylic acid groups (broad SMARTS) is 1. The SMILES string of the molecule is COc1cc2c(c(OC)c1OC)C=C(C(=O)Nc1ccccc1C(=O)O)CS2. The van der Waals surface area contributed by atoms with Crippen molar-refractivity contribution in [2.75, 3.05) is 32.4 Å². The second-order valence-electron chi connectivity index (χ2n) is 5.82. The largest absolute Gasteiger partial charge is 0.493 e. The molecule has 1 aliphatic rings. The van der Waals surface area contributed by atoms with E-state index >= 15 is 0 Å². The standard InChI is InChI=1S/C20H19NO6S/c1-25-15-9-16-13(17(26-2)18(15)27-3)8-11(10-28-16)19(22)21-14-7-5-4-6-12(14)20(23)24/h4-9H,10H2,1-3H3,(H,21,22)(H,23,24). The van der Waals surface area contributed by atoms with Crippen molar-refractivity contribution >= 4 is 35.4 Å². The predicted octanol–water partition coefficient (Wildman–Crippen LogP) is 3.54. The molecule has 1 heterocycles. The zero-order valence-electron chi connectivity index (χ0n) is 15.6. The molecule has 0 radical (unpaired) electrons. The van der Waals surface area contributed by atoms with Crippen LogP contribution in [0.2, 0.25) is 0 Å². The van der Waals surface area contributed by atoms with Crippen molar-refractivity contribution < 1.29 is 28.9 Å². The zero-order valence-corrected chi connectivity index (χ0v) is 16.4. The third-order valence-corrected chi connectivity index (χ3v) is 5.33. The number of benzene rings is 2. The molecular formula is C20H19NO6S. The summed E-state index contributed by atoms with van der Waals surface area (Å²) in [6.45, 7) is 0. The van der Waals surface area contributed by atoms with Gasteiger partial charge in [0.25, 0.3) is 5.91 Å². The normalized spacial score (nSPS) is 12.5. The Labute approximate surface area is 166 Å². The number of para-hydroxylation sites is 1. The number of nitrogens with one attached hydrogen (secondary N) is 1. The van der Waals surface area contributed by atoms with Crippen molar-refractivity contribution in [1.82, 2.24) is 0 Å². The summed E-state index contributed by atoms with van der Waals surface area (Å²) in [7, 11) is 4.59. The van der Waals surface area contributed by atoms with Gasteiger partial charge in [0, 0.05) is 21.8 Å². The van der Waals surface area contributed by atoms with Gasteiger partial charge in [-0.25, -0.2) is 4.79 Å². The summed E-state index contributed by atoms with van der Waals surface area (Å²) in [5.74, 6) is 0.406. The molecule has 146 valence electrons. The lowest BCUT2D eigenvalue weighted by Crippen LogP contribution is -2.19. The minimum atomic E-state index is -1.10. The molecule has 2 N–H and O–H groups in total. The number of fused-ring (bicyclic) bond motifs is 1. The molecule has 8 heteroatoms. The van der Waals surface area contributed by atoms with Gasteiger partial charge in [0.05, 0.1) is 32.6 Å². The van der Waals surface area contributed by atoms with E-state index in [0.29, 0.717) is 34.1 Å². The van der Waals surface area contributed by atoms with Crippen LogP contribution in [0.4, 0.5) is 5.69 Å². The smallest absolute Gasteiger partial charge is 0.337 e. The van der Waals surface area contributed by atoms with Crippen molar-refractivity contribution in [3.8, 4) is 17.2 Å². The summed E-state index contributed by atoms with van der Waals surface area (Å²) in [6.07, 6.45) is 1.73. The Morgan fingerprint density at radius 2 is 1.79 bits per heavy atom. The van der Waals surface area contributed by atoms with Crippen LogP contribution in [0.3, 0.4) is 0 Å². The molecule has 0 atom stereocenters. The number of carbonyl (C=O) groups is 2. The predicted molar refractivity (Wildman–Crippen MR) is 107 cm³/mol. The van der Waals surface area contributed by atoms with Gasteiger partial charge in [-0.2, -0.15) is 0 Å². The van der Waals surface area contributed by atoms with Gasteiger partial charge in [0.1, 0.15) is 0 Å². The molecule has 1 amide bonds. The van der Waals surface area contributed by atoms with E-state index in [0.717, 1.165) is 4.90 Å². The summed E-state index contributed by atoms with van der Waals surface area (Å²) >= 11 is 1.46. The number of rotatable bonds is 6. The van der Waals surface area contributed by atoms with Gasteiger partial charge in [-0.15, -0.1) is 11.8 Å². The number of hydrogen-bond acceptors (Lipinski definition) is 6. The van der Waals surface area contributed by atoms with Gasteiger partial charge in [-0.05, 0) is 24.3 Å². The summed E-state index contributed by atoms with van der Waals surface area (Å²) in [4.78, 5) is 25.0. The monoisotopic (exact) mass is 401 g/mol. The highest BCUT2D eigenvalue weighted by Gasteiger charge is 2.25. The first-order valence-electron chi connectivity index (χ1n) is 8.30. The molecule has 28 heavy (non-hydrogen) atoms. The number of amides is 1. The van der Waals surface area contributed by atoms with Crippen LogP contribution in [0.1, 0.15) is 15.9 Å². The molecule has 7 nitrogen and oxygen atoms in total. The van der Waals surface area contributed by atoms with E-state index in [1.807, 2.05) is 6.07 Å². The Balaban J connectivity index is 1.98. The first kappa shape index (κ1) is 19.6. The second-order valence-corrected chi connectivity index (χ2v) is 6.84. The van der Waals surface area contributed by atoms with E-state index in [-0.39, 0.29) is 17.2 Å². The highest BCUT2D eigenvalue weighted by atomic mass is 32.2. The average Bonchev–Trinajstić information content (AvgIpc) is 2.71. The molecule has 1 aliphatic heterocycles. The number of aromatic carboxylic acids is 1. The highest BCUT2D eigenvalue weighted by molar-refractivity contribution is 7.99. The molecule has 0 unspecified atom stereocenters. The Kier molecular flexibility index (Phi) is 5.79. The minimum absolute atomic E-state index is 0.0318. The highest BCUT2D eigenvalue weighted by Crippen LogP contribution is 2.48. The molecule has 0 aromatic heterocycles. The third kappa shape index (κ3) is 3.63. The van der Waals surface area contributed by atoms with Crippen LogP contribution in [0.5, 0.6) is 17.2 Å². The van der Waals surface area contributed by atoms with Crippen LogP contribution >= 0.6 is 11.8 Å². The topological polar surface area (TPSA) is 94.1 Å². The number of ether oxygens (including phenoxy) is 3. The quantitative estimate of drug-likeness (QED) is 0.765. The molecule has 0 bridgehead atoms. The number of hydrogen-bond donors (Lipinski definition) is 2. The summed E-state index contributed by atoms with van der Waals surface area (Å²) in [6, 6.07) is 8.11. The molecule has 2 aromatic carbocycles. The van der Waals surface area contributed by atoms with E-state index in [1.165, 1.54) is 32.0 Å². The molecular weight excluding hydrogens is 382 g/mol. The molecule has 0 saturated carbocycles. The summed E-state index contributed by atoms with van der Waals surface area (Å²) in [5, 5.41) is 12.0. The van der Waals surface area contributed by atoms with E-state index < -0.39 is 5.97 Å². The number of methoxy groups -OCH3 is 3. The average molecular weight is 401 g/mol. The van der Waals surface area contributed by atoms with E-state index in [2.05, 4.69) is 5.32 Å². The van der Waals surface area contributed by atoms with E-state index in [4.69, 9.17) is 14.2 Å². The van der Waals surface area contributed by atoms with Crippen LogP contribution in [-0.4, -0.2) is 44.1 Å². The van der Waals surface area contributed by atoms with Crippen LogP contribution < -0.4 is 19.5 Å². The van der Waals surface area contributed by atoms with Gasteiger partial charge in [0.2, 0.25) is 5.75 Å². The van der Waals surface area contributed by atoms with E-state index in [1.54, 1.807) is 31.4 Å². The van der Waals surface area contributed by atoms with Gasteiger partial charge in [-0.1, -0.05) is 12.1 Å². The number of thioether (sulfide) groups is 1. The maximum Gasteiger partial charge on any atom is 0.337 e. The van der Waals surface area contributed by atoms with Gasteiger partial charge < -0.3 is 24.6 Å². The Morgan fingerprint density at radius 1 is 1.07 bits per heavy atom. The lowest BCUT2D eigenvalue weighted by molar-refractivity contribution is -0.112. The second kappa shape index (κ2) is 8.26. The Hall–Kier alpha value is -3.13. The van der Waals surface area contributed by atoms with E-state index in [9.17, 15) is 14.7 Å². The van der Waals surface area contributed by atoms with Crippen LogP contribution in [0, 0.1) is 0 Å². The Bertz CT molecular complexity index is 969. The maximum absolute atomic E-state index is 12.7. The number of carboxylic acids is 1. The van der Waals surface area contributed by atoms with Crippen molar-refractivity contribution in [2.45, 2.75) is 4.90 Å². The first-order valence-corrected chi connectivity index (χ1v) is 9.28. The lowest BCUT2D eigenvalue weighted by Gasteiger charge is -2.21. The lowest BCUT2D eigenvalue weighted by atomic mass is 10.1. The molecule has 3 rings (SSSR count). The molecule has 2 aromatic rings. The summed E-state index contributed by atoms with van der Waals surface area (Å²) in [5.41, 5.74) is 1.48. The van der Waals surface area contributed by atoms with Crippen molar-refractivity contribution in [3.63, 3.8) is 0 Å². The van der Waals surface area contributed by atoms with Crippen LogP contribution in [0.15, 0.2) is 40.8 Å². The minimum Gasteiger partial charge on any atom is -0.493 e. The third-order valence-electron chi connectivity index (χ3n) is 4.23. The maximum atomic E-state index is 12.7. The van der Waals surface area contributed by atoms with Gasteiger partial charge in [-0.3, -0.25) is 4.79 Å². The summed E-state index contributed by atoms with van der Waals surface area (Å²) < 4.78 is 16.3. The molecule has 0 saturated heterocycles. The van der Waals surface area contributed by atoms with Crippen molar-refractivity contribution in [1.29, 1.82) is 0 Å². The fourth-order valence-corrected chi connectivity index (χ4v) is 3.92. The first-order chi connectivity index (χ1) is 13.5. The van der Waals surface area contributed by atoms with Crippen LogP contribution in [-0.2, 0) is 4.79 Å². The number of anilines is 1.